The Morgan fingerprint density at radius 3 is 2.48 bits per heavy atom. The van der Waals surface area contributed by atoms with Gasteiger partial charge in [-0.2, -0.15) is 0 Å². The Morgan fingerprint density at radius 1 is 1.03 bits per heavy atom. The lowest BCUT2D eigenvalue weighted by molar-refractivity contribution is -0.264. The van der Waals surface area contributed by atoms with Crippen molar-refractivity contribution >= 4 is 24.5 Å². The minimum Gasteiger partial charge on any atom is -0.468 e. The molecule has 5 aliphatic heterocycles. The number of nitrogens with zero attached hydrogens (tertiary/aromatic N) is 3. The van der Waals surface area contributed by atoms with Crippen LogP contribution >= 0.6 is 7.60 Å². The van der Waals surface area contributed by atoms with Crippen LogP contribution in [0.2, 0.25) is 0 Å². The lowest BCUT2D eigenvalue weighted by Gasteiger charge is -2.64. The molecule has 3 saturated heterocycles. The fraction of sp³-hybridized carbons (Fsp3) is 0.694. The van der Waals surface area contributed by atoms with E-state index in [9.17, 15) is 25.0 Å². The Labute approximate surface area is 383 Å². The summed E-state index contributed by atoms with van der Waals surface area (Å²) in [7, 11) is 1.54. The van der Waals surface area contributed by atoms with Gasteiger partial charge in [-0.3, -0.25) is 24.5 Å². The van der Waals surface area contributed by atoms with Crippen LogP contribution in [0.5, 0.6) is 0 Å². The quantitative estimate of drug-likeness (QED) is 0.0689. The Balaban J connectivity index is 1.24. The molecule has 9 rings (SSSR count). The smallest absolute Gasteiger partial charge is 0.331 e. The van der Waals surface area contributed by atoms with Crippen LogP contribution < -0.4 is 5.32 Å². The molecule has 1 aromatic heterocycles. The SMILES string of the molecule is CCOP(=O)(CCNC(O)[C@@]1(O)[C@H](O)[C@]2(CC)C=CCN3CC[C@@]4(C5=CC([C@@]6(C(=O)OC)C[C@H]7CN(CCc8c6[nH]c6ccccc86)C[C@](O)(CC)C7)C(OC)C=C5N(C)[C@H]41)[C@@H]32)OCC. The molecule has 2 aliphatic carbocycles. The molecule has 6 heterocycles. The van der Waals surface area contributed by atoms with E-state index in [1.807, 2.05) is 37.9 Å². The van der Waals surface area contributed by atoms with E-state index in [0.717, 1.165) is 46.5 Å². The van der Waals surface area contributed by atoms with Gasteiger partial charge in [0.1, 0.15) is 11.6 Å². The number of carbonyl (C=O) groups is 1. The molecule has 4 fully saturated rings. The molecule has 65 heavy (non-hydrogen) atoms. The van der Waals surface area contributed by atoms with Crippen LogP contribution in [0.25, 0.3) is 10.9 Å². The molecule has 0 amide bonds. The van der Waals surface area contributed by atoms with Crippen LogP contribution in [0.1, 0.15) is 71.1 Å². The highest BCUT2D eigenvalue weighted by atomic mass is 31.2. The molecule has 1 spiro atoms. The molecule has 358 valence electrons. The predicted molar refractivity (Wildman–Crippen MR) is 247 cm³/mol. The number of carbonyl (C=O) groups excluding carboxylic acids is 1. The molecular weight excluding hydrogens is 850 g/mol. The summed E-state index contributed by atoms with van der Waals surface area (Å²) in [5.74, 6) is -1.07. The van der Waals surface area contributed by atoms with Crippen molar-refractivity contribution < 1.29 is 48.3 Å². The van der Waals surface area contributed by atoms with Crippen LogP contribution in [-0.4, -0.2) is 168 Å². The second-order valence-corrected chi connectivity index (χ2v) is 22.3. The van der Waals surface area contributed by atoms with Crippen LogP contribution in [0, 0.1) is 22.7 Å². The summed E-state index contributed by atoms with van der Waals surface area (Å²) in [5, 5.41) is 55.2. The number of fused-ring (bicyclic) bond motifs is 6. The molecule has 4 unspecified atom stereocenters. The molecule has 1 saturated carbocycles. The van der Waals surface area contributed by atoms with Crippen LogP contribution in [0.3, 0.4) is 0 Å². The fourth-order valence-electron chi connectivity index (χ4n) is 14.6. The first-order chi connectivity index (χ1) is 31.1. The number of likely N-dealkylation sites (tertiary alicyclic amines) is 1. The highest BCUT2D eigenvalue weighted by Gasteiger charge is 2.79. The second kappa shape index (κ2) is 17.2. The number of piperidine rings is 1. The summed E-state index contributed by atoms with van der Waals surface area (Å²) >= 11 is 0. The number of para-hydroxylation sites is 1. The van der Waals surface area contributed by atoms with Crippen molar-refractivity contribution in [2.45, 2.75) is 113 Å². The number of hydrogen-bond acceptors (Lipinski definition) is 14. The van der Waals surface area contributed by atoms with Gasteiger partial charge in [-0.15, -0.1) is 0 Å². The van der Waals surface area contributed by atoms with E-state index in [4.69, 9.17) is 18.5 Å². The third-order valence-electron chi connectivity index (χ3n) is 17.1. The van der Waals surface area contributed by atoms with E-state index >= 15 is 4.79 Å². The van der Waals surface area contributed by atoms with Crippen molar-refractivity contribution in [3.8, 4) is 0 Å². The Kier molecular flexibility index (Phi) is 12.5. The maximum absolute atomic E-state index is 15.5. The average Bonchev–Trinajstić information content (AvgIpc) is 3.96. The maximum atomic E-state index is 15.5. The normalized spacial score (nSPS) is 39.3. The van der Waals surface area contributed by atoms with Crippen molar-refractivity contribution in [3.63, 3.8) is 0 Å². The van der Waals surface area contributed by atoms with Crippen molar-refractivity contribution in [1.82, 2.24) is 25.0 Å². The average molecular weight is 922 g/mol. The van der Waals surface area contributed by atoms with E-state index in [1.165, 1.54) is 7.11 Å². The summed E-state index contributed by atoms with van der Waals surface area (Å²) in [6.45, 7) is 11.3. The fourth-order valence-corrected chi connectivity index (χ4v) is 16.2. The van der Waals surface area contributed by atoms with Gasteiger partial charge in [0.2, 0.25) is 0 Å². The van der Waals surface area contributed by atoms with Gasteiger partial charge in [-0.1, -0.05) is 50.3 Å². The monoisotopic (exact) mass is 922 g/mol. The molecule has 13 atom stereocenters. The van der Waals surface area contributed by atoms with Gasteiger partial charge in [0, 0.05) is 92.0 Å². The van der Waals surface area contributed by atoms with E-state index in [0.29, 0.717) is 58.2 Å². The van der Waals surface area contributed by atoms with E-state index in [2.05, 4.69) is 56.5 Å². The molecule has 2 bridgehead atoms. The number of hydrogen-bond donors (Lipinski definition) is 6. The zero-order valence-corrected chi connectivity index (χ0v) is 40.2. The summed E-state index contributed by atoms with van der Waals surface area (Å²) in [6, 6.07) is 7.08. The minimum absolute atomic E-state index is 0.0130. The van der Waals surface area contributed by atoms with E-state index in [1.54, 1.807) is 21.0 Å². The third-order valence-corrected chi connectivity index (χ3v) is 19.2. The van der Waals surface area contributed by atoms with E-state index < -0.39 is 65.4 Å². The number of H-pyrrole nitrogens is 1. The van der Waals surface area contributed by atoms with Crippen LogP contribution in [0.15, 0.2) is 59.8 Å². The van der Waals surface area contributed by atoms with E-state index in [-0.39, 0.29) is 43.8 Å². The lowest BCUT2D eigenvalue weighted by atomic mass is 9.47. The highest BCUT2D eigenvalue weighted by molar-refractivity contribution is 7.53. The van der Waals surface area contributed by atoms with Crippen LogP contribution in [-0.2, 0) is 39.7 Å². The number of nitrogens with one attached hydrogen (secondary N) is 2. The molecule has 1 aromatic carbocycles. The maximum Gasteiger partial charge on any atom is 0.331 e. The van der Waals surface area contributed by atoms with Gasteiger partial charge in [0.15, 0.2) is 5.60 Å². The van der Waals surface area contributed by atoms with Crippen molar-refractivity contribution in [1.29, 1.82) is 0 Å². The predicted octanol–water partition coefficient (Wildman–Crippen LogP) is 4.06. The molecule has 2 aromatic rings. The van der Waals surface area contributed by atoms with Gasteiger partial charge >= 0.3 is 13.6 Å². The van der Waals surface area contributed by atoms with Gasteiger partial charge in [0.25, 0.3) is 0 Å². The molecule has 6 N–H and O–H groups in total. The summed E-state index contributed by atoms with van der Waals surface area (Å²) < 4.78 is 37.2. The van der Waals surface area contributed by atoms with Gasteiger partial charge < -0.3 is 48.8 Å². The molecule has 15 nitrogen and oxygen atoms in total. The number of methoxy groups -OCH3 is 2. The standard InChI is InChI=1S/C49H72N5O10P/c1-8-45(58)27-31-28-48(44(57)62-7,39-33(17-22-53(29-31)30-45)32-15-12-13-16-36(32)51-39)35-25-34-37(26-38(35)61-6)52(5)41-47(34)19-23-54-21-14-18-46(9-2,40(47)54)42(55)49(41,59)43(56)50-20-24-65(60,63-10-3)64-11-4/h12-16,18,25-26,31,35,38,40-43,50-51,55-56,58-59H,8-11,17,19-24,27-30H2,1-7H3/t31-,35?,38?,40-,41+,42+,43?,45-,46+,47+,48-,49-/m0/s1. The van der Waals surface area contributed by atoms with Gasteiger partial charge in [0.05, 0.1) is 50.3 Å². The Morgan fingerprint density at radius 2 is 1.78 bits per heavy atom. The Bertz CT molecular complexity index is 2280. The number of aliphatic hydroxyl groups excluding tert-OH is 2. The van der Waals surface area contributed by atoms with Crippen molar-refractivity contribution in [3.05, 3.63) is 71.1 Å². The van der Waals surface area contributed by atoms with Crippen molar-refractivity contribution in [2.75, 3.05) is 79.9 Å². The van der Waals surface area contributed by atoms with Gasteiger partial charge in [-0.05, 0) is 88.1 Å². The van der Waals surface area contributed by atoms with Crippen LogP contribution in [0.4, 0.5) is 0 Å². The zero-order chi connectivity index (χ0) is 46.3. The molecule has 16 heteroatoms. The summed E-state index contributed by atoms with van der Waals surface area (Å²) in [4.78, 5) is 26.1. The summed E-state index contributed by atoms with van der Waals surface area (Å²) in [6.07, 6.45) is 7.93. The number of esters is 1. The number of likely N-dealkylation sites (N-methyl/N-ethyl adjacent to an activating group) is 1. The molecule has 0 radical (unpaired) electrons. The number of benzene rings is 1. The van der Waals surface area contributed by atoms with Gasteiger partial charge in [-0.25, -0.2) is 0 Å². The number of aromatic amines is 1. The first-order valence-electron chi connectivity index (χ1n) is 24.0. The zero-order valence-electron chi connectivity index (χ0n) is 39.3. The summed E-state index contributed by atoms with van der Waals surface area (Å²) in [5.41, 5.74) is -1.67. The topological polar surface area (TPSA) is 190 Å². The number of rotatable bonds is 14. The largest absolute Gasteiger partial charge is 0.468 e. The highest BCUT2D eigenvalue weighted by Crippen LogP contribution is 2.70. The Hall–Kier alpha value is -2.92. The minimum atomic E-state index is -3.50. The molecule has 7 aliphatic rings. The third kappa shape index (κ3) is 6.88. The number of ether oxygens (including phenoxy) is 2. The lowest BCUT2D eigenvalue weighted by Crippen LogP contribution is -2.81. The molecular formula is C49H72N5O10P. The number of aliphatic hydroxyl groups is 4. The first kappa shape index (κ1) is 47.2. The number of allylic oxidation sites excluding steroid dienone is 1. The van der Waals surface area contributed by atoms with Crippen molar-refractivity contribution in [2.24, 2.45) is 22.7 Å². The first-order valence-corrected chi connectivity index (χ1v) is 25.8. The number of aromatic nitrogens is 1. The second-order valence-electron chi connectivity index (χ2n) is 20.1.